The highest BCUT2D eigenvalue weighted by molar-refractivity contribution is 5.85. The highest BCUT2D eigenvalue weighted by Gasteiger charge is 2.12. The monoisotopic (exact) mass is 382 g/mol. The van der Waals surface area contributed by atoms with Crippen LogP contribution in [0.15, 0.2) is 102 Å². The number of rotatable bonds is 5. The SMILES string of the molecule is COc1cc(Nc2ccccc2)ccc1N=NC=C1C=CN(C)c2ccccc21. The number of hydrogen-bond acceptors (Lipinski definition) is 5. The zero-order valence-electron chi connectivity index (χ0n) is 16.4. The number of azo groups is 1. The lowest BCUT2D eigenvalue weighted by atomic mass is 10.0. The maximum atomic E-state index is 5.50. The number of benzene rings is 3. The van der Waals surface area contributed by atoms with Crippen LogP contribution in [-0.4, -0.2) is 14.2 Å². The molecule has 3 aromatic carbocycles. The van der Waals surface area contributed by atoms with Crippen LogP contribution in [0.4, 0.5) is 22.7 Å². The Morgan fingerprint density at radius 1 is 0.931 bits per heavy atom. The Balaban J connectivity index is 1.55. The van der Waals surface area contributed by atoms with Crippen molar-refractivity contribution in [2.75, 3.05) is 24.4 Å². The van der Waals surface area contributed by atoms with Crippen molar-refractivity contribution in [3.63, 3.8) is 0 Å². The van der Waals surface area contributed by atoms with Crippen molar-refractivity contribution in [2.45, 2.75) is 0 Å². The van der Waals surface area contributed by atoms with E-state index in [2.05, 4.69) is 32.6 Å². The van der Waals surface area contributed by atoms with Crippen molar-refractivity contribution in [1.82, 2.24) is 0 Å². The van der Waals surface area contributed by atoms with Gasteiger partial charge in [-0.15, -0.1) is 5.11 Å². The standard InChI is InChI=1S/C24H22N4O/c1-28-15-14-18(21-10-6-7-11-23(21)28)17-25-27-22-13-12-20(16-24(22)29-2)26-19-8-4-3-5-9-19/h3-17,26H,1-2H3. The molecule has 0 aromatic heterocycles. The first kappa shape index (κ1) is 18.5. The van der Waals surface area contributed by atoms with Gasteiger partial charge in [-0.25, -0.2) is 0 Å². The minimum absolute atomic E-state index is 0.660. The van der Waals surface area contributed by atoms with Gasteiger partial charge in [0.15, 0.2) is 0 Å². The third kappa shape index (κ3) is 4.19. The van der Waals surface area contributed by atoms with E-state index in [1.54, 1.807) is 13.3 Å². The van der Waals surface area contributed by atoms with Crippen LogP contribution >= 0.6 is 0 Å². The Morgan fingerprint density at radius 3 is 2.55 bits per heavy atom. The summed E-state index contributed by atoms with van der Waals surface area (Å²) in [7, 11) is 3.67. The molecule has 0 spiro atoms. The molecule has 0 saturated carbocycles. The summed E-state index contributed by atoms with van der Waals surface area (Å²) < 4.78 is 5.50. The fraction of sp³-hybridized carbons (Fsp3) is 0.0833. The van der Waals surface area contributed by atoms with Crippen LogP contribution in [-0.2, 0) is 0 Å². The molecule has 0 aliphatic carbocycles. The molecule has 5 heteroatoms. The van der Waals surface area contributed by atoms with Gasteiger partial charge in [0.2, 0.25) is 0 Å². The molecular formula is C24H22N4O. The highest BCUT2D eigenvalue weighted by Crippen LogP contribution is 2.34. The number of fused-ring (bicyclic) bond motifs is 1. The lowest BCUT2D eigenvalue weighted by Crippen LogP contribution is -2.13. The Labute approximate surface area is 170 Å². The van der Waals surface area contributed by atoms with E-state index in [1.807, 2.05) is 80.0 Å². The van der Waals surface area contributed by atoms with E-state index in [-0.39, 0.29) is 0 Å². The third-order valence-electron chi connectivity index (χ3n) is 4.68. The summed E-state index contributed by atoms with van der Waals surface area (Å²) in [6.45, 7) is 0. The van der Waals surface area contributed by atoms with Crippen LogP contribution < -0.4 is 15.0 Å². The maximum Gasteiger partial charge on any atom is 0.148 e. The molecule has 4 rings (SSSR count). The topological polar surface area (TPSA) is 49.2 Å². The highest BCUT2D eigenvalue weighted by atomic mass is 16.5. The number of para-hydroxylation sites is 2. The second-order valence-corrected chi connectivity index (χ2v) is 6.62. The van der Waals surface area contributed by atoms with E-state index in [1.165, 1.54) is 0 Å². The van der Waals surface area contributed by atoms with Gasteiger partial charge in [0.05, 0.1) is 13.3 Å². The zero-order chi connectivity index (χ0) is 20.1. The van der Waals surface area contributed by atoms with Gasteiger partial charge in [0.25, 0.3) is 0 Å². The van der Waals surface area contributed by atoms with E-state index in [4.69, 9.17) is 4.74 Å². The number of nitrogens with one attached hydrogen (secondary N) is 1. The second-order valence-electron chi connectivity index (χ2n) is 6.62. The first-order valence-corrected chi connectivity index (χ1v) is 9.36. The van der Waals surface area contributed by atoms with Gasteiger partial charge >= 0.3 is 0 Å². The van der Waals surface area contributed by atoms with Crippen molar-refractivity contribution in [3.05, 3.63) is 96.8 Å². The van der Waals surface area contributed by atoms with E-state index < -0.39 is 0 Å². The van der Waals surface area contributed by atoms with Gasteiger partial charge in [0.1, 0.15) is 11.4 Å². The summed E-state index contributed by atoms with van der Waals surface area (Å²) in [5.74, 6) is 0.660. The Kier molecular flexibility index (Phi) is 5.38. The van der Waals surface area contributed by atoms with Crippen LogP contribution in [0.5, 0.6) is 5.75 Å². The molecule has 5 nitrogen and oxygen atoms in total. The molecule has 0 atom stereocenters. The first-order valence-electron chi connectivity index (χ1n) is 9.36. The van der Waals surface area contributed by atoms with E-state index >= 15 is 0 Å². The average Bonchev–Trinajstić information content (AvgIpc) is 2.77. The molecule has 1 aliphatic heterocycles. The molecule has 3 aromatic rings. The van der Waals surface area contributed by atoms with Crippen LogP contribution in [0.25, 0.3) is 5.57 Å². The van der Waals surface area contributed by atoms with Crippen LogP contribution in [0.3, 0.4) is 0 Å². The number of ether oxygens (including phenoxy) is 1. The summed E-state index contributed by atoms with van der Waals surface area (Å²) in [6, 6.07) is 24.0. The number of nitrogens with zero attached hydrogens (tertiary/aromatic N) is 3. The molecule has 0 bridgehead atoms. The normalized spacial score (nSPS) is 14.3. The van der Waals surface area contributed by atoms with E-state index in [0.29, 0.717) is 11.4 Å². The quantitative estimate of drug-likeness (QED) is 0.511. The molecule has 0 saturated heterocycles. The maximum absolute atomic E-state index is 5.50. The Bertz CT molecular complexity index is 1090. The molecule has 29 heavy (non-hydrogen) atoms. The Hall–Kier alpha value is -3.86. The van der Waals surface area contributed by atoms with Crippen molar-refractivity contribution in [3.8, 4) is 5.75 Å². The molecule has 1 N–H and O–H groups in total. The van der Waals surface area contributed by atoms with Gasteiger partial charge in [-0.1, -0.05) is 36.4 Å². The first-order chi connectivity index (χ1) is 14.2. The average molecular weight is 382 g/mol. The molecule has 0 unspecified atom stereocenters. The minimum Gasteiger partial charge on any atom is -0.494 e. The van der Waals surface area contributed by atoms with Crippen LogP contribution in [0.1, 0.15) is 5.56 Å². The van der Waals surface area contributed by atoms with Crippen molar-refractivity contribution >= 4 is 28.3 Å². The summed E-state index contributed by atoms with van der Waals surface area (Å²) in [4.78, 5) is 2.09. The largest absolute Gasteiger partial charge is 0.494 e. The van der Waals surface area contributed by atoms with Gasteiger partial charge in [-0.3, -0.25) is 0 Å². The minimum atomic E-state index is 0.660. The number of methoxy groups -OCH3 is 1. The smallest absolute Gasteiger partial charge is 0.148 e. The molecule has 1 heterocycles. The molecule has 0 radical (unpaired) electrons. The summed E-state index contributed by atoms with van der Waals surface area (Å²) in [6.07, 6.45) is 5.83. The fourth-order valence-corrected chi connectivity index (χ4v) is 3.18. The summed E-state index contributed by atoms with van der Waals surface area (Å²) in [5.41, 5.74) is 5.91. The van der Waals surface area contributed by atoms with Gasteiger partial charge in [-0.2, -0.15) is 5.11 Å². The van der Waals surface area contributed by atoms with Crippen molar-refractivity contribution in [2.24, 2.45) is 10.2 Å². The molecule has 0 amide bonds. The molecular weight excluding hydrogens is 360 g/mol. The van der Waals surface area contributed by atoms with Gasteiger partial charge < -0.3 is 15.0 Å². The number of allylic oxidation sites excluding steroid dienone is 2. The second kappa shape index (κ2) is 8.44. The molecule has 144 valence electrons. The lowest BCUT2D eigenvalue weighted by Gasteiger charge is -2.23. The van der Waals surface area contributed by atoms with E-state index in [0.717, 1.165) is 28.2 Å². The van der Waals surface area contributed by atoms with Gasteiger partial charge in [-0.05, 0) is 36.4 Å². The Morgan fingerprint density at radius 2 is 1.72 bits per heavy atom. The van der Waals surface area contributed by atoms with Crippen molar-refractivity contribution in [1.29, 1.82) is 0 Å². The fourth-order valence-electron chi connectivity index (χ4n) is 3.18. The van der Waals surface area contributed by atoms with Crippen LogP contribution in [0.2, 0.25) is 0 Å². The predicted molar refractivity (Wildman–Crippen MR) is 119 cm³/mol. The zero-order valence-corrected chi connectivity index (χ0v) is 16.4. The van der Waals surface area contributed by atoms with E-state index in [9.17, 15) is 0 Å². The molecule has 0 fully saturated rings. The third-order valence-corrected chi connectivity index (χ3v) is 4.68. The lowest BCUT2D eigenvalue weighted by molar-refractivity contribution is 0.416. The van der Waals surface area contributed by atoms with Crippen molar-refractivity contribution < 1.29 is 4.74 Å². The number of hydrogen-bond donors (Lipinski definition) is 1. The number of anilines is 3. The van der Waals surface area contributed by atoms with Gasteiger partial charge in [0, 0.05) is 47.5 Å². The summed E-state index contributed by atoms with van der Waals surface area (Å²) in [5, 5.41) is 12.0. The predicted octanol–water partition coefficient (Wildman–Crippen LogP) is 6.53. The molecule has 1 aliphatic rings. The van der Waals surface area contributed by atoms with Crippen LogP contribution in [0, 0.1) is 0 Å². The summed E-state index contributed by atoms with van der Waals surface area (Å²) >= 11 is 0.